The maximum Gasteiger partial charge on any atom is 0.259 e. The minimum Gasteiger partial charge on any atom is -0.404 e. The van der Waals surface area contributed by atoms with Crippen LogP contribution in [0.25, 0.3) is 16.8 Å². The highest BCUT2D eigenvalue weighted by atomic mass is 16.1. The summed E-state index contributed by atoms with van der Waals surface area (Å²) in [4.78, 5) is 26.0. The van der Waals surface area contributed by atoms with E-state index in [0.717, 1.165) is 11.3 Å². The van der Waals surface area contributed by atoms with E-state index in [1.165, 1.54) is 6.20 Å². The number of nitrogens with one attached hydrogen (secondary N) is 2. The SMILES string of the molecule is CNc1cnc(C)c(NC(=O)/C(=C/N)c2ncc(-c3cnn(C)c3)nc2C)c1. The third kappa shape index (κ3) is 3.83. The number of carbonyl (C=O) groups excluding carboxylic acids is 1. The second kappa shape index (κ2) is 7.87. The molecule has 9 heteroatoms. The molecule has 3 rings (SSSR count). The predicted octanol–water partition coefficient (Wildman–Crippen LogP) is 1.87. The van der Waals surface area contributed by atoms with Gasteiger partial charge < -0.3 is 16.4 Å². The first-order chi connectivity index (χ1) is 13.4. The van der Waals surface area contributed by atoms with Crippen LogP contribution in [0.2, 0.25) is 0 Å². The number of pyridine rings is 1. The number of amides is 1. The Hall–Kier alpha value is -3.75. The molecule has 0 aliphatic carbocycles. The van der Waals surface area contributed by atoms with Crippen molar-refractivity contribution in [3.05, 3.63) is 54.1 Å². The third-order valence-corrected chi connectivity index (χ3v) is 4.24. The molecule has 1 amide bonds. The molecule has 0 bridgehead atoms. The lowest BCUT2D eigenvalue weighted by atomic mass is 10.1. The van der Waals surface area contributed by atoms with Gasteiger partial charge in [0.1, 0.15) is 0 Å². The molecule has 3 aromatic heterocycles. The number of anilines is 2. The van der Waals surface area contributed by atoms with Crippen LogP contribution in [-0.4, -0.2) is 37.7 Å². The van der Waals surface area contributed by atoms with E-state index >= 15 is 0 Å². The zero-order valence-corrected chi connectivity index (χ0v) is 16.2. The van der Waals surface area contributed by atoms with Crippen LogP contribution >= 0.6 is 0 Å². The second-order valence-corrected chi connectivity index (χ2v) is 6.23. The van der Waals surface area contributed by atoms with Crippen molar-refractivity contribution in [2.75, 3.05) is 17.7 Å². The lowest BCUT2D eigenvalue weighted by Gasteiger charge is -2.12. The van der Waals surface area contributed by atoms with Crippen LogP contribution in [0.1, 0.15) is 17.1 Å². The highest BCUT2D eigenvalue weighted by Crippen LogP contribution is 2.23. The van der Waals surface area contributed by atoms with Crippen LogP contribution in [0, 0.1) is 13.8 Å². The molecule has 0 aromatic carbocycles. The first-order valence-corrected chi connectivity index (χ1v) is 8.63. The average molecular weight is 378 g/mol. The van der Waals surface area contributed by atoms with Gasteiger partial charge in [0.15, 0.2) is 0 Å². The maximum atomic E-state index is 12.8. The Kier molecular flexibility index (Phi) is 5.35. The summed E-state index contributed by atoms with van der Waals surface area (Å²) in [7, 11) is 3.61. The van der Waals surface area contributed by atoms with Crippen molar-refractivity contribution in [2.24, 2.45) is 12.8 Å². The van der Waals surface area contributed by atoms with Crippen molar-refractivity contribution in [2.45, 2.75) is 13.8 Å². The average Bonchev–Trinajstić information content (AvgIpc) is 3.11. The number of nitrogens with zero attached hydrogens (tertiary/aromatic N) is 5. The van der Waals surface area contributed by atoms with Crippen LogP contribution in [0.4, 0.5) is 11.4 Å². The van der Waals surface area contributed by atoms with Crippen molar-refractivity contribution in [1.82, 2.24) is 24.7 Å². The minimum atomic E-state index is -0.382. The molecule has 0 spiro atoms. The highest BCUT2D eigenvalue weighted by molar-refractivity contribution is 6.25. The van der Waals surface area contributed by atoms with Crippen molar-refractivity contribution in [1.29, 1.82) is 0 Å². The molecule has 144 valence electrons. The third-order valence-electron chi connectivity index (χ3n) is 4.24. The number of carbonyl (C=O) groups is 1. The molecule has 0 unspecified atom stereocenters. The van der Waals surface area contributed by atoms with Gasteiger partial charge in [0.05, 0.1) is 58.3 Å². The van der Waals surface area contributed by atoms with Crippen LogP contribution in [-0.2, 0) is 11.8 Å². The van der Waals surface area contributed by atoms with Gasteiger partial charge in [-0.3, -0.25) is 19.4 Å². The molecule has 0 fully saturated rings. The molecule has 4 N–H and O–H groups in total. The lowest BCUT2D eigenvalue weighted by molar-refractivity contribution is -0.111. The second-order valence-electron chi connectivity index (χ2n) is 6.23. The lowest BCUT2D eigenvalue weighted by Crippen LogP contribution is -2.18. The van der Waals surface area contributed by atoms with Gasteiger partial charge in [-0.25, -0.2) is 4.98 Å². The summed E-state index contributed by atoms with van der Waals surface area (Å²) < 4.78 is 1.69. The Balaban J connectivity index is 1.88. The number of aromatic nitrogens is 5. The van der Waals surface area contributed by atoms with Crippen LogP contribution < -0.4 is 16.4 Å². The fourth-order valence-corrected chi connectivity index (χ4v) is 2.69. The summed E-state index contributed by atoms with van der Waals surface area (Å²) in [6, 6.07) is 1.80. The Morgan fingerprint density at radius 1 is 1.18 bits per heavy atom. The molecule has 0 saturated carbocycles. The monoisotopic (exact) mass is 378 g/mol. The van der Waals surface area contributed by atoms with E-state index in [1.807, 2.05) is 20.2 Å². The largest absolute Gasteiger partial charge is 0.404 e. The fraction of sp³-hybridized carbons (Fsp3) is 0.211. The fourth-order valence-electron chi connectivity index (χ4n) is 2.69. The van der Waals surface area contributed by atoms with Gasteiger partial charge in [0.25, 0.3) is 5.91 Å². The quantitative estimate of drug-likeness (QED) is 0.579. The van der Waals surface area contributed by atoms with E-state index < -0.39 is 0 Å². The van der Waals surface area contributed by atoms with Crippen LogP contribution in [0.3, 0.4) is 0 Å². The molecule has 0 saturated heterocycles. The first kappa shape index (κ1) is 19.0. The van der Waals surface area contributed by atoms with Crippen molar-refractivity contribution in [3.8, 4) is 11.3 Å². The molecule has 0 atom stereocenters. The number of nitrogens with two attached hydrogens (primary N) is 1. The van der Waals surface area contributed by atoms with Gasteiger partial charge in [-0.2, -0.15) is 5.10 Å². The summed E-state index contributed by atoms with van der Waals surface area (Å²) in [6.45, 7) is 3.60. The zero-order chi connectivity index (χ0) is 20.3. The van der Waals surface area contributed by atoms with Crippen LogP contribution in [0.15, 0.2) is 37.1 Å². The van der Waals surface area contributed by atoms with Crippen LogP contribution in [0.5, 0.6) is 0 Å². The molecule has 3 aromatic rings. The Morgan fingerprint density at radius 2 is 1.96 bits per heavy atom. The van der Waals surface area contributed by atoms with Crippen molar-refractivity contribution >= 4 is 22.9 Å². The summed E-state index contributed by atoms with van der Waals surface area (Å²) >= 11 is 0. The van der Waals surface area contributed by atoms with Crippen molar-refractivity contribution in [3.63, 3.8) is 0 Å². The van der Waals surface area contributed by atoms with Gasteiger partial charge in [0, 0.05) is 32.1 Å². The maximum absolute atomic E-state index is 12.8. The number of rotatable bonds is 5. The molecule has 0 aliphatic heterocycles. The summed E-state index contributed by atoms with van der Waals surface area (Å²) in [6.07, 6.45) is 8.09. The van der Waals surface area contributed by atoms with Gasteiger partial charge in [0.2, 0.25) is 0 Å². The number of hydrogen-bond acceptors (Lipinski definition) is 7. The summed E-state index contributed by atoms with van der Waals surface area (Å²) in [5.41, 5.74) is 10.6. The first-order valence-electron chi connectivity index (χ1n) is 8.63. The molecular formula is C19H22N8O. The highest BCUT2D eigenvalue weighted by Gasteiger charge is 2.18. The topological polar surface area (TPSA) is 124 Å². The van der Waals surface area contributed by atoms with Gasteiger partial charge in [-0.15, -0.1) is 0 Å². The normalized spacial score (nSPS) is 11.4. The standard InChI is InChI=1S/C19H22N8O/c1-11-16(5-14(21-3)8-22-11)26-19(28)15(6-20)18-12(2)25-17(9-23-18)13-7-24-27(4)10-13/h5-10,21H,20H2,1-4H3,(H,26,28)/b15-6+. The van der Waals surface area contributed by atoms with E-state index in [9.17, 15) is 4.79 Å². The molecule has 0 aliphatic rings. The summed E-state index contributed by atoms with van der Waals surface area (Å²) in [5.74, 6) is -0.382. The number of hydrogen-bond donors (Lipinski definition) is 3. The molecular weight excluding hydrogens is 356 g/mol. The van der Waals surface area contributed by atoms with E-state index in [0.29, 0.717) is 28.5 Å². The minimum absolute atomic E-state index is 0.233. The zero-order valence-electron chi connectivity index (χ0n) is 16.2. The molecule has 0 radical (unpaired) electrons. The Bertz CT molecular complexity index is 1050. The van der Waals surface area contributed by atoms with E-state index in [-0.39, 0.29) is 11.5 Å². The van der Waals surface area contributed by atoms with Gasteiger partial charge >= 0.3 is 0 Å². The number of aryl methyl sites for hydroxylation is 3. The van der Waals surface area contributed by atoms with Gasteiger partial charge in [-0.1, -0.05) is 0 Å². The van der Waals surface area contributed by atoms with E-state index in [1.54, 1.807) is 43.3 Å². The van der Waals surface area contributed by atoms with E-state index in [4.69, 9.17) is 5.73 Å². The van der Waals surface area contributed by atoms with E-state index in [2.05, 4.69) is 30.7 Å². The van der Waals surface area contributed by atoms with Gasteiger partial charge in [-0.05, 0) is 19.9 Å². The van der Waals surface area contributed by atoms with Crippen molar-refractivity contribution < 1.29 is 4.79 Å². The Morgan fingerprint density at radius 3 is 2.57 bits per heavy atom. The molecule has 9 nitrogen and oxygen atoms in total. The predicted molar refractivity (Wildman–Crippen MR) is 108 cm³/mol. The smallest absolute Gasteiger partial charge is 0.259 e. The Labute approximate surface area is 162 Å². The summed E-state index contributed by atoms with van der Waals surface area (Å²) in [5, 5.41) is 9.97. The molecule has 28 heavy (non-hydrogen) atoms. The molecule has 3 heterocycles.